The first kappa shape index (κ1) is 21.1. The van der Waals surface area contributed by atoms with Gasteiger partial charge in [0.1, 0.15) is 0 Å². The van der Waals surface area contributed by atoms with E-state index >= 15 is 0 Å². The molecule has 0 radical (unpaired) electrons. The summed E-state index contributed by atoms with van der Waals surface area (Å²) in [6.07, 6.45) is 5.58. The minimum atomic E-state index is 0.293. The van der Waals surface area contributed by atoms with Crippen LogP contribution in [0.15, 0.2) is 29.2 Å². The molecule has 1 aromatic rings. The molecule has 2 aliphatic rings. The van der Waals surface area contributed by atoms with Crippen molar-refractivity contribution < 1.29 is 5.11 Å². The van der Waals surface area contributed by atoms with E-state index in [2.05, 4.69) is 59.1 Å². The predicted octanol–water partition coefficient (Wildman–Crippen LogP) is 3.15. The predicted molar refractivity (Wildman–Crippen MR) is 115 cm³/mol. The molecule has 5 heteroatoms. The highest BCUT2D eigenvalue weighted by Crippen LogP contribution is 2.25. The van der Waals surface area contributed by atoms with Gasteiger partial charge < -0.3 is 10.0 Å². The number of hydrogen-bond donors (Lipinski definition) is 1. The largest absolute Gasteiger partial charge is 0.396 e. The van der Waals surface area contributed by atoms with Crippen molar-refractivity contribution in [1.29, 1.82) is 0 Å². The second-order valence-electron chi connectivity index (χ2n) is 8.35. The quantitative estimate of drug-likeness (QED) is 0.722. The summed E-state index contributed by atoms with van der Waals surface area (Å²) < 4.78 is 0. The molecule has 2 heterocycles. The summed E-state index contributed by atoms with van der Waals surface area (Å²) in [4.78, 5) is 9.25. The highest BCUT2D eigenvalue weighted by Gasteiger charge is 2.33. The average molecular weight is 392 g/mol. The molecule has 2 aliphatic heterocycles. The van der Waals surface area contributed by atoms with E-state index in [-0.39, 0.29) is 0 Å². The first-order valence-electron chi connectivity index (χ1n) is 10.6. The van der Waals surface area contributed by atoms with Crippen LogP contribution in [0.1, 0.15) is 38.7 Å². The molecule has 1 atom stereocenters. The summed E-state index contributed by atoms with van der Waals surface area (Å²) in [6, 6.07) is 10.8. The van der Waals surface area contributed by atoms with E-state index in [9.17, 15) is 5.11 Å². The number of piperidine rings is 1. The van der Waals surface area contributed by atoms with Crippen molar-refractivity contribution in [2.75, 3.05) is 45.6 Å². The van der Waals surface area contributed by atoms with Gasteiger partial charge in [0.05, 0.1) is 0 Å². The van der Waals surface area contributed by atoms with Crippen LogP contribution >= 0.6 is 11.8 Å². The lowest BCUT2D eigenvalue weighted by Crippen LogP contribution is -2.58. The minimum Gasteiger partial charge on any atom is -0.396 e. The number of aliphatic hydroxyl groups is 1. The number of benzene rings is 1. The topological polar surface area (TPSA) is 30.0 Å². The van der Waals surface area contributed by atoms with Crippen LogP contribution in [0.2, 0.25) is 0 Å². The Morgan fingerprint density at radius 3 is 2.59 bits per heavy atom. The lowest BCUT2D eigenvalue weighted by atomic mass is 9.97. The number of thioether (sulfide) groups is 1. The van der Waals surface area contributed by atoms with Crippen molar-refractivity contribution >= 4 is 11.8 Å². The Bertz CT molecular complexity index is 574. The molecule has 2 saturated heterocycles. The maximum absolute atomic E-state index is 9.64. The normalized spacial score (nSPS) is 24.0. The summed E-state index contributed by atoms with van der Waals surface area (Å²) in [5.74, 6) is 0. The van der Waals surface area contributed by atoms with Crippen molar-refractivity contribution in [3.8, 4) is 0 Å². The van der Waals surface area contributed by atoms with Gasteiger partial charge in [0.2, 0.25) is 0 Å². The van der Waals surface area contributed by atoms with Crippen LogP contribution in [-0.4, -0.2) is 83.5 Å². The van der Waals surface area contributed by atoms with Crippen LogP contribution in [-0.2, 0) is 6.54 Å². The Morgan fingerprint density at radius 1 is 1.15 bits per heavy atom. The lowest BCUT2D eigenvalue weighted by Gasteiger charge is -2.48. The second-order valence-corrected chi connectivity index (χ2v) is 9.23. The van der Waals surface area contributed by atoms with Crippen LogP contribution in [0, 0.1) is 0 Å². The van der Waals surface area contributed by atoms with Crippen LogP contribution in [0.4, 0.5) is 0 Å². The molecular formula is C22H37N3OS. The third-order valence-electron chi connectivity index (χ3n) is 6.31. The molecule has 0 amide bonds. The van der Waals surface area contributed by atoms with Crippen LogP contribution in [0.3, 0.4) is 0 Å². The fourth-order valence-corrected chi connectivity index (χ4v) is 5.21. The molecule has 0 aromatic heterocycles. The van der Waals surface area contributed by atoms with Gasteiger partial charge in [-0.15, -0.1) is 11.8 Å². The maximum atomic E-state index is 9.64. The van der Waals surface area contributed by atoms with Crippen LogP contribution in [0.5, 0.6) is 0 Å². The van der Waals surface area contributed by atoms with Gasteiger partial charge in [0.15, 0.2) is 0 Å². The number of aliphatic hydroxyl groups excluding tert-OH is 1. The smallest absolute Gasteiger partial charge is 0.0446 e. The van der Waals surface area contributed by atoms with Gasteiger partial charge in [0.25, 0.3) is 0 Å². The molecular weight excluding hydrogens is 354 g/mol. The monoisotopic (exact) mass is 391 g/mol. The summed E-state index contributed by atoms with van der Waals surface area (Å²) in [5, 5.41) is 9.64. The summed E-state index contributed by atoms with van der Waals surface area (Å²) in [6.45, 7) is 11.7. The zero-order valence-electron chi connectivity index (χ0n) is 17.3. The molecule has 152 valence electrons. The molecule has 0 spiro atoms. The number of likely N-dealkylation sites (tertiary alicyclic amines) is 1. The zero-order chi connectivity index (χ0) is 19.2. The Balaban J connectivity index is 1.58. The highest BCUT2D eigenvalue weighted by atomic mass is 32.2. The molecule has 1 aromatic carbocycles. The Morgan fingerprint density at radius 2 is 1.93 bits per heavy atom. The second kappa shape index (κ2) is 10.3. The molecule has 0 aliphatic carbocycles. The number of nitrogens with zero attached hydrogens (tertiary/aromatic N) is 3. The number of hydrogen-bond acceptors (Lipinski definition) is 5. The fraction of sp³-hybridized carbons (Fsp3) is 0.727. The first-order chi connectivity index (χ1) is 13.1. The highest BCUT2D eigenvalue weighted by molar-refractivity contribution is 7.98. The van der Waals surface area contributed by atoms with Crippen molar-refractivity contribution in [2.45, 2.75) is 62.7 Å². The van der Waals surface area contributed by atoms with Crippen molar-refractivity contribution in [3.63, 3.8) is 0 Å². The Kier molecular flexibility index (Phi) is 8.03. The molecule has 4 nitrogen and oxygen atoms in total. The van der Waals surface area contributed by atoms with Gasteiger partial charge in [-0.05, 0) is 70.2 Å². The Hall–Kier alpha value is -0.590. The van der Waals surface area contributed by atoms with Crippen molar-refractivity contribution in [1.82, 2.24) is 14.7 Å². The van der Waals surface area contributed by atoms with Gasteiger partial charge >= 0.3 is 0 Å². The minimum absolute atomic E-state index is 0.293. The molecule has 2 fully saturated rings. The van der Waals surface area contributed by atoms with Gasteiger partial charge in [0, 0.05) is 55.8 Å². The maximum Gasteiger partial charge on any atom is 0.0446 e. The third-order valence-corrected chi connectivity index (χ3v) is 7.04. The average Bonchev–Trinajstić information content (AvgIpc) is 2.69. The van der Waals surface area contributed by atoms with E-state index in [4.69, 9.17) is 0 Å². The standard InChI is InChI=1S/C22H37N3OS/c1-18(2)24-10-7-20(8-11-24)25-13-12-23(17-21(25)9-14-26)16-19-5-4-6-22(15-19)27-3/h4-6,15,18,20-21,26H,7-14,16-17H2,1-3H3/t21-/m0/s1. The molecule has 0 bridgehead atoms. The number of rotatable bonds is 7. The summed E-state index contributed by atoms with van der Waals surface area (Å²) >= 11 is 1.81. The third kappa shape index (κ3) is 5.70. The molecule has 27 heavy (non-hydrogen) atoms. The summed E-state index contributed by atoms with van der Waals surface area (Å²) in [5.41, 5.74) is 1.41. The van der Waals surface area contributed by atoms with E-state index in [0.29, 0.717) is 24.7 Å². The van der Waals surface area contributed by atoms with Crippen LogP contribution in [0.25, 0.3) is 0 Å². The van der Waals surface area contributed by atoms with Crippen LogP contribution < -0.4 is 0 Å². The molecule has 0 saturated carbocycles. The van der Waals surface area contributed by atoms with Gasteiger partial charge in [-0.1, -0.05) is 12.1 Å². The molecule has 3 rings (SSSR count). The van der Waals surface area contributed by atoms with E-state index in [1.165, 1.54) is 36.4 Å². The van der Waals surface area contributed by atoms with E-state index in [1.54, 1.807) is 0 Å². The zero-order valence-corrected chi connectivity index (χ0v) is 18.1. The Labute approximate surface area is 169 Å². The fourth-order valence-electron chi connectivity index (χ4n) is 4.73. The van der Waals surface area contributed by atoms with Gasteiger partial charge in [-0.25, -0.2) is 0 Å². The van der Waals surface area contributed by atoms with Gasteiger partial charge in [-0.3, -0.25) is 9.80 Å². The molecule has 0 unspecified atom stereocenters. The van der Waals surface area contributed by atoms with E-state index in [1.807, 2.05) is 11.8 Å². The first-order valence-corrected chi connectivity index (χ1v) is 11.8. The summed E-state index contributed by atoms with van der Waals surface area (Å²) in [7, 11) is 0. The molecule has 1 N–H and O–H groups in total. The van der Waals surface area contributed by atoms with Crippen molar-refractivity contribution in [3.05, 3.63) is 29.8 Å². The van der Waals surface area contributed by atoms with E-state index < -0.39 is 0 Å². The lowest BCUT2D eigenvalue weighted by molar-refractivity contribution is -0.0000431. The van der Waals surface area contributed by atoms with E-state index in [0.717, 1.165) is 32.6 Å². The van der Waals surface area contributed by atoms with Gasteiger partial charge in [-0.2, -0.15) is 0 Å². The van der Waals surface area contributed by atoms with Crippen molar-refractivity contribution in [2.24, 2.45) is 0 Å². The number of piperazine rings is 1. The SMILES string of the molecule is CSc1cccc(CN2CCN(C3CCN(C(C)C)CC3)[C@@H](CCO)C2)c1.